The van der Waals surface area contributed by atoms with E-state index in [0.29, 0.717) is 10.8 Å². The van der Waals surface area contributed by atoms with Gasteiger partial charge in [-0.3, -0.25) is 0 Å². The molecular formula is C13H10FN3O2S. The Balaban J connectivity index is 2.15. The van der Waals surface area contributed by atoms with Crippen LogP contribution in [0.3, 0.4) is 0 Å². The van der Waals surface area contributed by atoms with Crippen molar-refractivity contribution in [2.24, 2.45) is 0 Å². The summed E-state index contributed by atoms with van der Waals surface area (Å²) in [6.45, 7) is 1.99. The molecule has 1 aromatic carbocycles. The molecule has 0 amide bonds. The Morgan fingerprint density at radius 1 is 1.60 bits per heavy atom. The average Bonchev–Trinajstić information content (AvgIpc) is 2.90. The SMILES string of the molecule is CCOC(=O)c1csc(Nc2ccc(F)c(C#N)c2)n1. The van der Waals surface area contributed by atoms with Gasteiger partial charge in [-0.2, -0.15) is 5.26 Å². The summed E-state index contributed by atoms with van der Waals surface area (Å²) in [7, 11) is 0. The second kappa shape index (κ2) is 6.12. The number of halogens is 1. The van der Waals surface area contributed by atoms with Crippen molar-refractivity contribution < 1.29 is 13.9 Å². The maximum atomic E-state index is 13.2. The Hall–Kier alpha value is -2.46. The lowest BCUT2D eigenvalue weighted by Crippen LogP contribution is -2.05. The largest absolute Gasteiger partial charge is 0.461 e. The number of aromatic nitrogens is 1. The lowest BCUT2D eigenvalue weighted by atomic mass is 10.2. The highest BCUT2D eigenvalue weighted by atomic mass is 32.1. The average molecular weight is 291 g/mol. The molecule has 0 aliphatic carbocycles. The van der Waals surface area contributed by atoms with Crippen molar-refractivity contribution in [3.8, 4) is 6.07 Å². The Bertz CT molecular complexity index is 678. The zero-order chi connectivity index (χ0) is 14.5. The van der Waals surface area contributed by atoms with Gasteiger partial charge in [-0.05, 0) is 25.1 Å². The van der Waals surface area contributed by atoms with Crippen LogP contribution in [0.1, 0.15) is 23.0 Å². The van der Waals surface area contributed by atoms with Gasteiger partial charge in [0.1, 0.15) is 11.9 Å². The second-order valence-corrected chi connectivity index (χ2v) is 4.55. The molecule has 7 heteroatoms. The van der Waals surface area contributed by atoms with Crippen molar-refractivity contribution in [1.29, 1.82) is 5.26 Å². The molecule has 0 saturated heterocycles. The molecule has 1 aromatic heterocycles. The third-order valence-electron chi connectivity index (χ3n) is 2.33. The number of rotatable bonds is 4. The number of nitrogens with one attached hydrogen (secondary N) is 1. The van der Waals surface area contributed by atoms with Crippen molar-refractivity contribution in [2.75, 3.05) is 11.9 Å². The quantitative estimate of drug-likeness (QED) is 0.876. The number of thiazole rings is 1. The number of esters is 1. The highest BCUT2D eigenvalue weighted by Gasteiger charge is 2.12. The van der Waals surface area contributed by atoms with Crippen LogP contribution in [-0.2, 0) is 4.74 Å². The molecule has 102 valence electrons. The predicted octanol–water partition coefficient (Wildman–Crippen LogP) is 3.07. The lowest BCUT2D eigenvalue weighted by Gasteiger charge is -2.03. The third kappa shape index (κ3) is 3.10. The molecule has 0 aliphatic rings. The minimum absolute atomic E-state index is 0.0582. The van der Waals surface area contributed by atoms with E-state index in [1.54, 1.807) is 18.4 Å². The Labute approximate surface area is 118 Å². The number of carbonyl (C=O) groups is 1. The van der Waals surface area contributed by atoms with Crippen molar-refractivity contribution in [1.82, 2.24) is 4.98 Å². The lowest BCUT2D eigenvalue weighted by molar-refractivity contribution is 0.0520. The molecule has 0 bridgehead atoms. The zero-order valence-electron chi connectivity index (χ0n) is 10.5. The minimum Gasteiger partial charge on any atom is -0.461 e. The number of carbonyl (C=O) groups excluding carboxylic acids is 1. The first-order valence-corrected chi connectivity index (χ1v) is 6.61. The highest BCUT2D eigenvalue weighted by molar-refractivity contribution is 7.14. The molecule has 2 aromatic rings. The first kappa shape index (κ1) is 14.0. The molecule has 5 nitrogen and oxygen atoms in total. The third-order valence-corrected chi connectivity index (χ3v) is 3.08. The normalized spacial score (nSPS) is 9.85. The van der Waals surface area contributed by atoms with E-state index in [1.807, 2.05) is 0 Å². The Morgan fingerprint density at radius 3 is 3.10 bits per heavy atom. The molecule has 20 heavy (non-hydrogen) atoms. The van der Waals surface area contributed by atoms with Gasteiger partial charge in [-0.1, -0.05) is 0 Å². The number of nitriles is 1. The van der Waals surface area contributed by atoms with Crippen LogP contribution in [0.4, 0.5) is 15.2 Å². The number of hydrogen-bond donors (Lipinski definition) is 1. The summed E-state index contributed by atoms with van der Waals surface area (Å²) in [4.78, 5) is 15.5. The van der Waals surface area contributed by atoms with E-state index in [9.17, 15) is 9.18 Å². The van der Waals surface area contributed by atoms with E-state index < -0.39 is 11.8 Å². The molecular weight excluding hydrogens is 281 g/mol. The van der Waals surface area contributed by atoms with Gasteiger partial charge in [-0.25, -0.2) is 14.2 Å². The standard InChI is InChI=1S/C13H10FN3O2S/c1-2-19-12(18)11-7-20-13(17-11)16-9-3-4-10(14)8(5-9)6-15/h3-5,7H,2H2,1H3,(H,16,17). The number of ether oxygens (including phenoxy) is 1. The van der Waals surface area contributed by atoms with E-state index in [2.05, 4.69) is 10.3 Å². The smallest absolute Gasteiger partial charge is 0.357 e. The summed E-state index contributed by atoms with van der Waals surface area (Å²) < 4.78 is 18.0. The first-order chi connectivity index (χ1) is 9.63. The molecule has 1 N–H and O–H groups in total. The van der Waals surface area contributed by atoms with Gasteiger partial charge in [0.05, 0.1) is 12.2 Å². The zero-order valence-corrected chi connectivity index (χ0v) is 11.3. The van der Waals surface area contributed by atoms with E-state index in [-0.39, 0.29) is 17.9 Å². The highest BCUT2D eigenvalue weighted by Crippen LogP contribution is 2.22. The molecule has 0 atom stereocenters. The number of nitrogens with zero attached hydrogens (tertiary/aromatic N) is 2. The van der Waals surface area contributed by atoms with Gasteiger partial charge < -0.3 is 10.1 Å². The second-order valence-electron chi connectivity index (χ2n) is 3.69. The first-order valence-electron chi connectivity index (χ1n) is 5.73. The van der Waals surface area contributed by atoms with Crippen LogP contribution in [0.15, 0.2) is 23.6 Å². The van der Waals surface area contributed by atoms with Gasteiger partial charge in [0.2, 0.25) is 0 Å². The monoisotopic (exact) mass is 291 g/mol. The van der Waals surface area contributed by atoms with E-state index in [1.165, 1.54) is 29.5 Å². The van der Waals surface area contributed by atoms with Gasteiger partial charge in [0.15, 0.2) is 10.8 Å². The maximum Gasteiger partial charge on any atom is 0.357 e. The van der Waals surface area contributed by atoms with Crippen LogP contribution in [0.5, 0.6) is 0 Å². The fourth-order valence-corrected chi connectivity index (χ4v) is 2.14. The molecule has 0 unspecified atom stereocenters. The molecule has 0 radical (unpaired) electrons. The van der Waals surface area contributed by atoms with Crippen molar-refractivity contribution in [3.63, 3.8) is 0 Å². The molecule has 0 saturated carbocycles. The van der Waals surface area contributed by atoms with Crippen LogP contribution in [-0.4, -0.2) is 17.6 Å². The van der Waals surface area contributed by atoms with Crippen LogP contribution in [0, 0.1) is 17.1 Å². The molecule has 0 fully saturated rings. The number of hydrogen-bond acceptors (Lipinski definition) is 6. The fourth-order valence-electron chi connectivity index (χ4n) is 1.44. The number of anilines is 2. The van der Waals surface area contributed by atoms with Crippen molar-refractivity contribution in [2.45, 2.75) is 6.92 Å². The van der Waals surface area contributed by atoms with Gasteiger partial charge in [0, 0.05) is 11.1 Å². The van der Waals surface area contributed by atoms with E-state index in [4.69, 9.17) is 10.00 Å². The van der Waals surface area contributed by atoms with Gasteiger partial charge >= 0.3 is 5.97 Å². The molecule has 2 rings (SSSR count). The summed E-state index contributed by atoms with van der Waals surface area (Å²) in [6, 6.07) is 5.81. The van der Waals surface area contributed by atoms with Crippen LogP contribution in [0.25, 0.3) is 0 Å². The van der Waals surface area contributed by atoms with E-state index >= 15 is 0 Å². The minimum atomic E-state index is -0.579. The van der Waals surface area contributed by atoms with Crippen LogP contribution >= 0.6 is 11.3 Å². The summed E-state index contributed by atoms with van der Waals surface area (Å²) in [5, 5.41) is 13.7. The Morgan fingerprint density at radius 2 is 2.40 bits per heavy atom. The molecule has 0 spiro atoms. The van der Waals surface area contributed by atoms with Crippen LogP contribution < -0.4 is 5.32 Å². The van der Waals surface area contributed by atoms with Gasteiger partial charge in [0.25, 0.3) is 0 Å². The summed E-state index contributed by atoms with van der Waals surface area (Å²) in [5.74, 6) is -1.07. The predicted molar refractivity (Wildman–Crippen MR) is 72.5 cm³/mol. The summed E-state index contributed by atoms with van der Waals surface area (Å²) in [6.07, 6.45) is 0. The summed E-state index contributed by atoms with van der Waals surface area (Å²) in [5.41, 5.74) is 0.673. The van der Waals surface area contributed by atoms with Crippen molar-refractivity contribution in [3.05, 3.63) is 40.7 Å². The Kier molecular flexibility index (Phi) is 4.27. The molecule has 1 heterocycles. The number of benzene rings is 1. The summed E-state index contributed by atoms with van der Waals surface area (Å²) >= 11 is 1.22. The van der Waals surface area contributed by atoms with Crippen LogP contribution in [0.2, 0.25) is 0 Å². The van der Waals surface area contributed by atoms with Gasteiger partial charge in [-0.15, -0.1) is 11.3 Å². The molecule has 0 aliphatic heterocycles. The topological polar surface area (TPSA) is 75.0 Å². The maximum absolute atomic E-state index is 13.2. The van der Waals surface area contributed by atoms with Crippen molar-refractivity contribution >= 4 is 28.1 Å². The van der Waals surface area contributed by atoms with E-state index in [0.717, 1.165) is 0 Å². The fraction of sp³-hybridized carbons (Fsp3) is 0.154.